The third kappa shape index (κ3) is 3.32. The van der Waals surface area contributed by atoms with Crippen LogP contribution < -0.4 is 0 Å². The molecule has 0 spiro atoms. The second kappa shape index (κ2) is 5.85. The number of methoxy groups -OCH3 is 1. The van der Waals surface area contributed by atoms with Crippen LogP contribution in [0.25, 0.3) is 0 Å². The van der Waals surface area contributed by atoms with Gasteiger partial charge in [-0.2, -0.15) is 5.26 Å². The van der Waals surface area contributed by atoms with Crippen LogP contribution in [0.5, 0.6) is 0 Å². The van der Waals surface area contributed by atoms with Crippen molar-refractivity contribution in [2.45, 2.75) is 24.7 Å². The van der Waals surface area contributed by atoms with Crippen LogP contribution in [0.1, 0.15) is 34.8 Å². The second-order valence-electron chi connectivity index (χ2n) is 4.13. The zero-order valence-corrected chi connectivity index (χ0v) is 11.9. The third-order valence-corrected chi connectivity index (χ3v) is 3.82. The van der Waals surface area contributed by atoms with E-state index in [1.165, 1.54) is 19.2 Å². The van der Waals surface area contributed by atoms with Crippen molar-refractivity contribution in [3.8, 4) is 6.07 Å². The summed E-state index contributed by atoms with van der Waals surface area (Å²) in [5, 5.41) is 9.04. The molecule has 0 saturated heterocycles. The van der Waals surface area contributed by atoms with Gasteiger partial charge >= 0.3 is 5.97 Å². The molecule has 0 amide bonds. The van der Waals surface area contributed by atoms with Crippen molar-refractivity contribution in [1.82, 2.24) is 0 Å². The van der Waals surface area contributed by atoms with Crippen molar-refractivity contribution >= 4 is 15.8 Å². The molecule has 0 bridgehead atoms. The lowest BCUT2D eigenvalue weighted by Crippen LogP contribution is -2.10. The van der Waals surface area contributed by atoms with E-state index in [1.807, 2.05) is 13.0 Å². The molecule has 0 unspecified atom stereocenters. The summed E-state index contributed by atoms with van der Waals surface area (Å²) in [5.74, 6) is -0.718. The average molecular weight is 281 g/mol. The van der Waals surface area contributed by atoms with Gasteiger partial charge in [0.15, 0.2) is 9.84 Å². The number of nitriles is 1. The summed E-state index contributed by atoms with van der Waals surface area (Å²) in [4.78, 5) is 11.7. The van der Waals surface area contributed by atoms with Gasteiger partial charge in [0, 0.05) is 6.26 Å². The molecular weight excluding hydrogens is 266 g/mol. The highest BCUT2D eigenvalue weighted by Gasteiger charge is 2.20. The Hall–Kier alpha value is -1.87. The molecule has 0 aliphatic rings. The van der Waals surface area contributed by atoms with Crippen molar-refractivity contribution in [3.63, 3.8) is 0 Å². The molecule has 1 aromatic carbocycles. The summed E-state index contributed by atoms with van der Waals surface area (Å²) in [6.07, 6.45) is 2.35. The number of hydrogen-bond acceptors (Lipinski definition) is 5. The largest absolute Gasteiger partial charge is 0.465 e. The van der Waals surface area contributed by atoms with E-state index in [4.69, 9.17) is 5.26 Å². The predicted molar refractivity (Wildman–Crippen MR) is 69.6 cm³/mol. The van der Waals surface area contributed by atoms with E-state index in [9.17, 15) is 13.2 Å². The summed E-state index contributed by atoms with van der Waals surface area (Å²) in [7, 11) is -2.28. The molecule has 5 nitrogen and oxygen atoms in total. The monoisotopic (exact) mass is 281 g/mol. The number of carbonyl (C=O) groups excluding carboxylic acids is 1. The molecular formula is C13H15NO4S. The first-order valence-electron chi connectivity index (χ1n) is 5.70. The summed E-state index contributed by atoms with van der Waals surface area (Å²) in [5.41, 5.74) is 0.655. The Kier molecular flexibility index (Phi) is 4.67. The quantitative estimate of drug-likeness (QED) is 0.784. The first kappa shape index (κ1) is 15.2. The highest BCUT2D eigenvalue weighted by Crippen LogP contribution is 2.23. The lowest BCUT2D eigenvalue weighted by atomic mass is 10.0. The minimum atomic E-state index is -3.46. The maximum Gasteiger partial charge on any atom is 0.339 e. The van der Waals surface area contributed by atoms with Gasteiger partial charge in [-0.05, 0) is 24.1 Å². The zero-order chi connectivity index (χ0) is 14.6. The maximum atomic E-state index is 11.8. The van der Waals surface area contributed by atoms with Gasteiger partial charge in [-0.25, -0.2) is 13.2 Å². The van der Waals surface area contributed by atoms with Crippen LogP contribution in [-0.2, 0) is 21.0 Å². The number of esters is 1. The van der Waals surface area contributed by atoms with Crippen LogP contribution in [0, 0.1) is 11.3 Å². The molecule has 0 saturated carbocycles. The topological polar surface area (TPSA) is 84.2 Å². The Labute approximate surface area is 112 Å². The Bertz CT molecular complexity index is 641. The Morgan fingerprint density at radius 1 is 1.42 bits per heavy atom. The lowest BCUT2D eigenvalue weighted by molar-refractivity contribution is 0.0600. The SMILES string of the molecule is CCCc1cc(C#N)c(C(=O)OC)cc1S(C)(=O)=O. The average Bonchev–Trinajstić information content (AvgIpc) is 2.36. The minimum absolute atomic E-state index is 0.0229. The highest BCUT2D eigenvalue weighted by molar-refractivity contribution is 7.90. The Morgan fingerprint density at radius 3 is 2.47 bits per heavy atom. The fraction of sp³-hybridized carbons (Fsp3) is 0.385. The predicted octanol–water partition coefficient (Wildman–Crippen LogP) is 1.70. The Balaban J connectivity index is 3.62. The van der Waals surface area contributed by atoms with Gasteiger partial charge in [-0.15, -0.1) is 0 Å². The van der Waals surface area contributed by atoms with E-state index in [2.05, 4.69) is 4.74 Å². The van der Waals surface area contributed by atoms with Crippen LogP contribution >= 0.6 is 0 Å². The molecule has 19 heavy (non-hydrogen) atoms. The van der Waals surface area contributed by atoms with Crippen molar-refractivity contribution in [1.29, 1.82) is 5.26 Å². The maximum absolute atomic E-state index is 11.8. The molecule has 6 heteroatoms. The van der Waals surface area contributed by atoms with Crippen molar-refractivity contribution < 1.29 is 17.9 Å². The standard InChI is InChI=1S/C13H15NO4S/c1-4-5-9-6-10(8-14)11(13(15)18-2)7-12(9)19(3,16)17/h6-7H,4-5H2,1-3H3. The molecule has 0 fully saturated rings. The van der Waals surface area contributed by atoms with E-state index in [0.717, 1.165) is 12.7 Å². The number of ether oxygens (including phenoxy) is 1. The number of hydrogen-bond donors (Lipinski definition) is 0. The van der Waals surface area contributed by atoms with Crippen LogP contribution in [0.15, 0.2) is 17.0 Å². The molecule has 0 heterocycles. The van der Waals surface area contributed by atoms with Crippen LogP contribution in [0.3, 0.4) is 0 Å². The molecule has 0 aromatic heterocycles. The van der Waals surface area contributed by atoms with Gasteiger partial charge in [0.05, 0.1) is 23.1 Å². The molecule has 0 atom stereocenters. The second-order valence-corrected chi connectivity index (χ2v) is 6.12. The van der Waals surface area contributed by atoms with E-state index >= 15 is 0 Å². The van der Waals surface area contributed by atoms with E-state index < -0.39 is 15.8 Å². The summed E-state index contributed by atoms with van der Waals surface area (Å²) >= 11 is 0. The van der Waals surface area contributed by atoms with Crippen molar-refractivity contribution in [2.24, 2.45) is 0 Å². The molecule has 1 aromatic rings. The number of carbonyl (C=O) groups is 1. The fourth-order valence-electron chi connectivity index (χ4n) is 1.81. The van der Waals surface area contributed by atoms with Crippen molar-refractivity contribution in [3.05, 3.63) is 28.8 Å². The van der Waals surface area contributed by atoms with E-state index in [-0.39, 0.29) is 16.0 Å². The highest BCUT2D eigenvalue weighted by atomic mass is 32.2. The van der Waals surface area contributed by atoms with E-state index in [0.29, 0.717) is 12.0 Å². The van der Waals surface area contributed by atoms with Gasteiger partial charge < -0.3 is 4.74 Å². The summed E-state index contributed by atoms with van der Waals surface area (Å²) in [6.45, 7) is 1.91. The number of rotatable bonds is 4. The number of aryl methyl sites for hydroxylation is 1. The zero-order valence-electron chi connectivity index (χ0n) is 11.1. The van der Waals surface area contributed by atoms with Crippen LogP contribution in [-0.4, -0.2) is 27.8 Å². The van der Waals surface area contributed by atoms with Gasteiger partial charge in [0.25, 0.3) is 0 Å². The van der Waals surface area contributed by atoms with Crippen molar-refractivity contribution in [2.75, 3.05) is 13.4 Å². The molecule has 0 aliphatic carbocycles. The van der Waals surface area contributed by atoms with Gasteiger partial charge in [-0.1, -0.05) is 13.3 Å². The fourth-order valence-corrected chi connectivity index (χ4v) is 2.78. The summed E-state index contributed by atoms with van der Waals surface area (Å²) < 4.78 is 28.1. The molecule has 0 radical (unpaired) electrons. The lowest BCUT2D eigenvalue weighted by Gasteiger charge is -2.10. The first-order chi connectivity index (χ1) is 8.85. The summed E-state index contributed by atoms with van der Waals surface area (Å²) in [6, 6.07) is 4.57. The van der Waals surface area contributed by atoms with Gasteiger partial charge in [-0.3, -0.25) is 0 Å². The molecule has 0 aliphatic heterocycles. The Morgan fingerprint density at radius 2 is 2.05 bits per heavy atom. The van der Waals surface area contributed by atoms with Crippen LogP contribution in [0.4, 0.5) is 0 Å². The smallest absolute Gasteiger partial charge is 0.339 e. The van der Waals surface area contributed by atoms with Gasteiger partial charge in [0.2, 0.25) is 0 Å². The number of sulfone groups is 1. The molecule has 1 rings (SSSR count). The third-order valence-electron chi connectivity index (χ3n) is 2.65. The minimum Gasteiger partial charge on any atom is -0.465 e. The normalized spacial score (nSPS) is 10.8. The van der Waals surface area contributed by atoms with Crippen LogP contribution in [0.2, 0.25) is 0 Å². The number of nitrogens with zero attached hydrogens (tertiary/aromatic N) is 1. The first-order valence-corrected chi connectivity index (χ1v) is 7.59. The molecule has 102 valence electrons. The molecule has 0 N–H and O–H groups in total. The van der Waals surface area contributed by atoms with Gasteiger partial charge in [0.1, 0.15) is 6.07 Å². The number of benzene rings is 1. The van der Waals surface area contributed by atoms with E-state index in [1.54, 1.807) is 0 Å².